The number of anilines is 2. The number of nitrogens with two attached hydrogens (primary N) is 1. The van der Waals surface area contributed by atoms with Crippen molar-refractivity contribution in [1.29, 1.82) is 0 Å². The van der Waals surface area contributed by atoms with Crippen molar-refractivity contribution in [2.45, 2.75) is 20.4 Å². The first-order valence-corrected chi connectivity index (χ1v) is 10.3. The highest BCUT2D eigenvalue weighted by atomic mass is 19.1. The molecule has 3 heterocycles. The normalized spacial score (nSPS) is 14.0. The van der Waals surface area contributed by atoms with Gasteiger partial charge in [0.25, 0.3) is 5.91 Å². The summed E-state index contributed by atoms with van der Waals surface area (Å²) in [5.41, 5.74) is 8.84. The molecular formula is C24H23FN4O4. The van der Waals surface area contributed by atoms with Crippen molar-refractivity contribution in [1.82, 2.24) is 9.97 Å². The number of hydrogen-bond acceptors (Lipinski definition) is 6. The van der Waals surface area contributed by atoms with Crippen LogP contribution in [-0.4, -0.2) is 35.6 Å². The number of rotatable bonds is 6. The van der Waals surface area contributed by atoms with Gasteiger partial charge in [0, 0.05) is 11.9 Å². The number of nitrogen functional groups attached to an aromatic ring is 1. The van der Waals surface area contributed by atoms with Crippen LogP contribution in [0, 0.1) is 12.7 Å². The number of amides is 1. The lowest BCUT2D eigenvalue weighted by Crippen LogP contribution is -2.26. The molecular weight excluding hydrogens is 427 g/mol. The monoisotopic (exact) mass is 450 g/mol. The topological polar surface area (TPSA) is 111 Å². The maximum Gasteiger partial charge on any atom is 0.342 e. The van der Waals surface area contributed by atoms with E-state index in [4.69, 9.17) is 15.2 Å². The Labute approximate surface area is 189 Å². The average molecular weight is 450 g/mol. The van der Waals surface area contributed by atoms with Gasteiger partial charge in [-0.1, -0.05) is 6.07 Å². The molecule has 0 radical (unpaired) electrons. The van der Waals surface area contributed by atoms with Crippen LogP contribution in [0.4, 0.5) is 15.9 Å². The Kier molecular flexibility index (Phi) is 5.87. The van der Waals surface area contributed by atoms with Gasteiger partial charge in [0.1, 0.15) is 11.4 Å². The maximum atomic E-state index is 14.3. The Morgan fingerprint density at radius 2 is 2.12 bits per heavy atom. The number of aromatic nitrogens is 2. The van der Waals surface area contributed by atoms with Crippen LogP contribution in [0.1, 0.15) is 39.8 Å². The van der Waals surface area contributed by atoms with Gasteiger partial charge >= 0.3 is 5.97 Å². The van der Waals surface area contributed by atoms with Crippen LogP contribution in [0.2, 0.25) is 0 Å². The summed E-state index contributed by atoms with van der Waals surface area (Å²) >= 11 is 0. The first kappa shape index (κ1) is 22.1. The average Bonchev–Trinajstić information content (AvgIpc) is 3.37. The Bertz CT molecular complexity index is 1270. The van der Waals surface area contributed by atoms with Crippen molar-refractivity contribution in [3.8, 4) is 5.75 Å². The number of aryl methyl sites for hydroxylation is 1. The summed E-state index contributed by atoms with van der Waals surface area (Å²) in [5.74, 6) is -1.10. The maximum absolute atomic E-state index is 14.3. The molecule has 2 aromatic heterocycles. The minimum Gasteiger partial charge on any atom is -0.494 e. The van der Waals surface area contributed by atoms with E-state index < -0.39 is 11.8 Å². The van der Waals surface area contributed by atoms with Crippen molar-refractivity contribution in [3.05, 3.63) is 70.4 Å². The number of carbonyl (C=O) groups is 2. The number of nitrogens with zero attached hydrogens (tertiary/aromatic N) is 2. The number of esters is 1. The Morgan fingerprint density at radius 3 is 2.76 bits per heavy atom. The van der Waals surface area contributed by atoms with Crippen LogP contribution in [-0.2, 0) is 16.1 Å². The number of benzene rings is 1. The predicted molar refractivity (Wildman–Crippen MR) is 122 cm³/mol. The zero-order chi connectivity index (χ0) is 23.7. The first-order valence-electron chi connectivity index (χ1n) is 10.3. The summed E-state index contributed by atoms with van der Waals surface area (Å²) in [5, 5.41) is 0. The van der Waals surface area contributed by atoms with Crippen molar-refractivity contribution in [2.75, 3.05) is 24.4 Å². The zero-order valence-corrected chi connectivity index (χ0v) is 18.4. The molecule has 8 nitrogen and oxygen atoms in total. The molecule has 1 aliphatic heterocycles. The van der Waals surface area contributed by atoms with Crippen LogP contribution < -0.4 is 15.4 Å². The fourth-order valence-corrected chi connectivity index (χ4v) is 3.84. The van der Waals surface area contributed by atoms with E-state index in [1.54, 1.807) is 44.3 Å². The number of carbonyl (C=O) groups excluding carboxylic acids is 2. The van der Waals surface area contributed by atoms with Gasteiger partial charge in [0.05, 0.1) is 42.8 Å². The Hall–Kier alpha value is -4.14. The standard InChI is InChI=1S/C24H23FN4O4/c1-4-33-24(31)19-13(2)28-22-20(21(19)26)16(11-15-6-5-9-27-15)23(30)29(22)12-14-7-8-18(32-3)17(25)10-14/h5-11,27H,4,12H2,1-3H3,(H2,26,28)/b16-11-. The van der Waals surface area contributed by atoms with E-state index in [2.05, 4.69) is 9.97 Å². The third-order valence-corrected chi connectivity index (χ3v) is 5.36. The summed E-state index contributed by atoms with van der Waals surface area (Å²) in [4.78, 5) is 35.0. The lowest BCUT2D eigenvalue weighted by molar-refractivity contribution is -0.113. The van der Waals surface area contributed by atoms with Gasteiger partial charge in [0.2, 0.25) is 0 Å². The van der Waals surface area contributed by atoms with Crippen LogP contribution in [0.25, 0.3) is 11.6 Å². The van der Waals surface area contributed by atoms with Crippen molar-refractivity contribution in [3.63, 3.8) is 0 Å². The second-order valence-corrected chi connectivity index (χ2v) is 7.45. The third kappa shape index (κ3) is 3.93. The minimum absolute atomic E-state index is 0.0550. The van der Waals surface area contributed by atoms with E-state index in [9.17, 15) is 14.0 Å². The number of fused-ring (bicyclic) bond motifs is 1. The zero-order valence-electron chi connectivity index (χ0n) is 18.4. The summed E-state index contributed by atoms with van der Waals surface area (Å²) < 4.78 is 24.4. The molecule has 0 saturated carbocycles. The molecule has 0 fully saturated rings. The molecule has 0 spiro atoms. The summed E-state index contributed by atoms with van der Waals surface area (Å²) in [6.07, 6.45) is 3.38. The molecule has 1 amide bonds. The molecule has 0 unspecified atom stereocenters. The van der Waals surface area contributed by atoms with Crippen molar-refractivity contribution >= 4 is 35.0 Å². The first-order chi connectivity index (χ1) is 15.8. The molecule has 0 aliphatic carbocycles. The minimum atomic E-state index is -0.606. The number of hydrogen-bond donors (Lipinski definition) is 2. The molecule has 3 aromatic rings. The van der Waals surface area contributed by atoms with Crippen LogP contribution in [0.5, 0.6) is 5.75 Å². The number of aromatic amines is 1. The van der Waals surface area contributed by atoms with E-state index in [-0.39, 0.29) is 41.6 Å². The highest BCUT2D eigenvalue weighted by Gasteiger charge is 2.38. The number of halogens is 1. The fraction of sp³-hybridized carbons (Fsp3) is 0.208. The number of ether oxygens (including phenoxy) is 2. The van der Waals surface area contributed by atoms with Gasteiger partial charge in [-0.15, -0.1) is 0 Å². The van der Waals surface area contributed by atoms with E-state index in [1.807, 2.05) is 0 Å². The molecule has 1 aromatic carbocycles. The van der Waals surface area contributed by atoms with E-state index in [0.29, 0.717) is 28.3 Å². The van der Waals surface area contributed by atoms with Crippen LogP contribution in [0.3, 0.4) is 0 Å². The number of pyridine rings is 1. The molecule has 3 N–H and O–H groups in total. The van der Waals surface area contributed by atoms with Gasteiger partial charge in [0.15, 0.2) is 11.6 Å². The number of methoxy groups -OCH3 is 1. The van der Waals surface area contributed by atoms with E-state index >= 15 is 0 Å². The molecule has 9 heteroatoms. The van der Waals surface area contributed by atoms with Crippen molar-refractivity contribution < 1.29 is 23.5 Å². The SMILES string of the molecule is CCOC(=O)c1c(C)nc2c(c1N)/C(=C/c1ccc[nH]1)C(=O)N2Cc1ccc(OC)c(F)c1. The molecule has 170 valence electrons. The molecule has 0 bridgehead atoms. The Balaban J connectivity index is 1.86. The number of nitrogens with one attached hydrogen (secondary N) is 1. The lowest BCUT2D eigenvalue weighted by Gasteiger charge is -2.18. The molecule has 33 heavy (non-hydrogen) atoms. The lowest BCUT2D eigenvalue weighted by atomic mass is 10.0. The molecule has 1 aliphatic rings. The Morgan fingerprint density at radius 1 is 1.33 bits per heavy atom. The van der Waals surface area contributed by atoms with Gasteiger partial charge in [-0.2, -0.15) is 0 Å². The predicted octanol–water partition coefficient (Wildman–Crippen LogP) is 3.71. The molecule has 4 rings (SSSR count). The summed E-state index contributed by atoms with van der Waals surface area (Å²) in [6.45, 7) is 3.55. The van der Waals surface area contributed by atoms with Crippen molar-refractivity contribution in [2.24, 2.45) is 0 Å². The van der Waals surface area contributed by atoms with Gasteiger partial charge in [-0.25, -0.2) is 14.2 Å². The molecule has 0 atom stereocenters. The smallest absolute Gasteiger partial charge is 0.342 e. The summed E-state index contributed by atoms with van der Waals surface area (Å²) in [7, 11) is 1.38. The third-order valence-electron chi connectivity index (χ3n) is 5.36. The van der Waals surface area contributed by atoms with Gasteiger partial charge in [-0.3, -0.25) is 9.69 Å². The van der Waals surface area contributed by atoms with E-state index in [0.717, 1.165) is 0 Å². The second-order valence-electron chi connectivity index (χ2n) is 7.45. The number of H-pyrrole nitrogens is 1. The van der Waals surface area contributed by atoms with Crippen LogP contribution >= 0.6 is 0 Å². The largest absolute Gasteiger partial charge is 0.494 e. The fourth-order valence-electron chi connectivity index (χ4n) is 3.84. The van der Waals surface area contributed by atoms with Gasteiger partial charge in [-0.05, 0) is 49.8 Å². The summed E-state index contributed by atoms with van der Waals surface area (Å²) in [6, 6.07) is 8.07. The second kappa shape index (κ2) is 8.78. The quantitative estimate of drug-likeness (QED) is 0.438. The van der Waals surface area contributed by atoms with E-state index in [1.165, 1.54) is 24.1 Å². The van der Waals surface area contributed by atoms with Gasteiger partial charge < -0.3 is 20.2 Å². The molecule has 0 saturated heterocycles. The highest BCUT2D eigenvalue weighted by Crippen LogP contribution is 2.43. The van der Waals surface area contributed by atoms with Crippen LogP contribution in [0.15, 0.2) is 36.5 Å². The highest BCUT2D eigenvalue weighted by molar-refractivity contribution is 6.37.